The Morgan fingerprint density at radius 1 is 1.24 bits per heavy atom. The maximum absolute atomic E-state index is 10.9. The fraction of sp³-hybridized carbons (Fsp3) is 0.474. The molecule has 5 nitrogen and oxygen atoms in total. The van der Waals surface area contributed by atoms with Crippen molar-refractivity contribution in [2.24, 2.45) is 5.92 Å². The highest BCUT2D eigenvalue weighted by molar-refractivity contribution is 7.17. The molecule has 1 aliphatic heterocycles. The van der Waals surface area contributed by atoms with Crippen LogP contribution in [0, 0.1) is 19.8 Å². The van der Waals surface area contributed by atoms with Crippen molar-refractivity contribution in [3.8, 4) is 5.88 Å². The Bertz CT molecular complexity index is 892. The molecule has 0 bridgehead atoms. The summed E-state index contributed by atoms with van der Waals surface area (Å²) in [6.45, 7) is 8.61. The lowest BCUT2D eigenvalue weighted by Crippen LogP contribution is -3.13. The van der Waals surface area contributed by atoms with Crippen LogP contribution >= 0.6 is 11.3 Å². The number of aromatic nitrogens is 3. The predicted molar refractivity (Wildman–Crippen MR) is 99.4 cm³/mol. The first-order valence-electron chi connectivity index (χ1n) is 8.99. The molecule has 0 unspecified atom stereocenters. The summed E-state index contributed by atoms with van der Waals surface area (Å²) >= 11 is 1.57. The summed E-state index contributed by atoms with van der Waals surface area (Å²) in [4.78, 5) is 7.73. The molecule has 1 saturated heterocycles. The molecule has 1 atom stereocenters. The minimum atomic E-state index is 0.141. The largest absolute Gasteiger partial charge is 0.492 e. The Balaban J connectivity index is 1.83. The fourth-order valence-electron chi connectivity index (χ4n) is 3.91. The van der Waals surface area contributed by atoms with E-state index in [0.29, 0.717) is 5.82 Å². The molecule has 25 heavy (non-hydrogen) atoms. The molecule has 0 spiro atoms. The summed E-state index contributed by atoms with van der Waals surface area (Å²) in [7, 11) is 0. The van der Waals surface area contributed by atoms with Crippen LogP contribution in [0.1, 0.15) is 47.6 Å². The normalized spacial score (nSPS) is 22.4. The molecule has 2 N–H and O–H groups in total. The second kappa shape index (κ2) is 6.42. The number of benzene rings is 1. The topological polar surface area (TPSA) is 54.9 Å². The fourth-order valence-corrected chi connectivity index (χ4v) is 5.09. The van der Waals surface area contributed by atoms with Crippen molar-refractivity contribution in [3.63, 3.8) is 0 Å². The van der Waals surface area contributed by atoms with E-state index in [1.165, 1.54) is 28.9 Å². The number of aryl methyl sites for hydroxylation is 2. The van der Waals surface area contributed by atoms with E-state index in [2.05, 4.69) is 48.2 Å². The minimum Gasteiger partial charge on any atom is -0.492 e. The summed E-state index contributed by atoms with van der Waals surface area (Å²) < 4.78 is 1.59. The molecule has 2 aromatic heterocycles. The maximum atomic E-state index is 10.9. The molecular formula is C19H25N4OS+. The van der Waals surface area contributed by atoms with Gasteiger partial charge in [-0.2, -0.15) is 4.52 Å². The van der Waals surface area contributed by atoms with E-state index in [9.17, 15) is 5.11 Å². The van der Waals surface area contributed by atoms with Crippen molar-refractivity contribution in [3.05, 3.63) is 46.1 Å². The summed E-state index contributed by atoms with van der Waals surface area (Å²) in [5.74, 6) is 1.74. The zero-order valence-electron chi connectivity index (χ0n) is 15.0. The smallest absolute Gasteiger partial charge is 0.235 e. The average molecular weight is 358 g/mol. The van der Waals surface area contributed by atoms with Gasteiger partial charge >= 0.3 is 0 Å². The maximum Gasteiger partial charge on any atom is 0.235 e. The first-order valence-corrected chi connectivity index (χ1v) is 9.81. The van der Waals surface area contributed by atoms with Crippen LogP contribution in [0.4, 0.5) is 0 Å². The predicted octanol–water partition coefficient (Wildman–Crippen LogP) is 2.52. The van der Waals surface area contributed by atoms with Gasteiger partial charge in [-0.3, -0.25) is 0 Å². The van der Waals surface area contributed by atoms with Crippen molar-refractivity contribution >= 4 is 16.3 Å². The van der Waals surface area contributed by atoms with Crippen LogP contribution in [0.25, 0.3) is 4.96 Å². The molecule has 0 radical (unpaired) electrons. The van der Waals surface area contributed by atoms with Gasteiger partial charge < -0.3 is 10.0 Å². The van der Waals surface area contributed by atoms with Gasteiger partial charge in [-0.05, 0) is 38.2 Å². The molecule has 1 aliphatic rings. The zero-order chi connectivity index (χ0) is 17.6. The number of thiazole rings is 1. The zero-order valence-corrected chi connectivity index (χ0v) is 15.8. The molecule has 3 aromatic rings. The van der Waals surface area contributed by atoms with Gasteiger partial charge in [-0.25, -0.2) is 4.98 Å². The van der Waals surface area contributed by atoms with Gasteiger partial charge in [0.25, 0.3) is 0 Å². The highest BCUT2D eigenvalue weighted by Gasteiger charge is 2.35. The summed E-state index contributed by atoms with van der Waals surface area (Å²) in [6.07, 6.45) is 2.47. The second-order valence-electron chi connectivity index (χ2n) is 7.27. The third-order valence-electron chi connectivity index (χ3n) is 5.39. The SMILES string of the molecule is Cc1nc2sc([C@H](c3ccccc3C)[NH+]3CCC(C)CC3)c(O)n2n1. The van der Waals surface area contributed by atoms with E-state index >= 15 is 0 Å². The lowest BCUT2D eigenvalue weighted by Gasteiger charge is -2.34. The summed E-state index contributed by atoms with van der Waals surface area (Å²) in [6, 6.07) is 8.68. The Morgan fingerprint density at radius 2 is 1.96 bits per heavy atom. The number of aromatic hydroxyl groups is 1. The standard InChI is InChI=1S/C19H24N4OS/c1-12-8-10-22(11-9-12)16(15-7-5-4-6-13(15)2)17-18(24)23-19(25-17)20-14(3)21-23/h4-7,12,16,24H,8-11H2,1-3H3/p+1/t16-/m0/s1. The molecule has 1 aromatic carbocycles. The van der Waals surface area contributed by atoms with E-state index in [1.54, 1.807) is 15.9 Å². The molecule has 3 heterocycles. The third-order valence-corrected chi connectivity index (χ3v) is 6.48. The first-order chi connectivity index (χ1) is 12.0. The van der Waals surface area contributed by atoms with Gasteiger partial charge in [0.1, 0.15) is 10.7 Å². The Labute approximate surface area is 151 Å². The number of hydrogen-bond donors (Lipinski definition) is 2. The van der Waals surface area contributed by atoms with Crippen LogP contribution in [0.15, 0.2) is 24.3 Å². The van der Waals surface area contributed by atoms with Crippen molar-refractivity contribution in [2.75, 3.05) is 13.1 Å². The van der Waals surface area contributed by atoms with Crippen LogP contribution in [-0.4, -0.2) is 32.8 Å². The monoisotopic (exact) mass is 357 g/mol. The first kappa shape index (κ1) is 16.5. The number of nitrogens with zero attached hydrogens (tertiary/aromatic N) is 3. The van der Waals surface area contributed by atoms with Crippen LogP contribution in [-0.2, 0) is 0 Å². The number of rotatable bonds is 3. The molecule has 0 amide bonds. The van der Waals surface area contributed by atoms with E-state index in [4.69, 9.17) is 0 Å². The van der Waals surface area contributed by atoms with Crippen molar-refractivity contribution < 1.29 is 10.0 Å². The van der Waals surface area contributed by atoms with Crippen LogP contribution in [0.3, 0.4) is 0 Å². The van der Waals surface area contributed by atoms with Crippen LogP contribution in [0.2, 0.25) is 0 Å². The molecule has 132 valence electrons. The quantitative estimate of drug-likeness (QED) is 0.757. The van der Waals surface area contributed by atoms with E-state index in [0.717, 1.165) is 28.8 Å². The number of quaternary nitrogens is 1. The number of hydrogen-bond acceptors (Lipinski definition) is 4. The number of fused-ring (bicyclic) bond motifs is 1. The molecule has 6 heteroatoms. The average Bonchev–Trinajstić information content (AvgIpc) is 3.09. The lowest BCUT2D eigenvalue weighted by molar-refractivity contribution is -0.931. The summed E-state index contributed by atoms with van der Waals surface area (Å²) in [5.41, 5.74) is 2.57. The van der Waals surface area contributed by atoms with Gasteiger partial charge in [-0.1, -0.05) is 42.5 Å². The van der Waals surface area contributed by atoms with Crippen molar-refractivity contribution in [2.45, 2.75) is 39.7 Å². The van der Waals surface area contributed by atoms with E-state index in [1.807, 2.05) is 6.92 Å². The van der Waals surface area contributed by atoms with Crippen LogP contribution < -0.4 is 4.90 Å². The number of piperidine rings is 1. The summed E-state index contributed by atoms with van der Waals surface area (Å²) in [5, 5.41) is 15.2. The van der Waals surface area contributed by atoms with Crippen LogP contribution in [0.5, 0.6) is 5.88 Å². The Morgan fingerprint density at radius 3 is 2.64 bits per heavy atom. The molecule has 0 aliphatic carbocycles. The third kappa shape index (κ3) is 2.93. The van der Waals surface area contributed by atoms with Gasteiger partial charge in [0.2, 0.25) is 10.8 Å². The molecule has 0 saturated carbocycles. The van der Waals surface area contributed by atoms with Gasteiger partial charge in [0.05, 0.1) is 13.1 Å². The Hall–Kier alpha value is -1.92. The van der Waals surface area contributed by atoms with Crippen molar-refractivity contribution in [1.82, 2.24) is 14.6 Å². The molecule has 1 fully saturated rings. The number of nitrogens with one attached hydrogen (secondary N) is 1. The van der Waals surface area contributed by atoms with Gasteiger partial charge in [0, 0.05) is 5.56 Å². The highest BCUT2D eigenvalue weighted by Crippen LogP contribution is 2.36. The van der Waals surface area contributed by atoms with Crippen molar-refractivity contribution in [1.29, 1.82) is 0 Å². The highest BCUT2D eigenvalue weighted by atomic mass is 32.1. The van der Waals surface area contributed by atoms with Gasteiger partial charge in [0.15, 0.2) is 6.04 Å². The molecular weight excluding hydrogens is 332 g/mol. The second-order valence-corrected chi connectivity index (χ2v) is 8.28. The number of likely N-dealkylation sites (tertiary alicyclic amines) is 1. The lowest BCUT2D eigenvalue weighted by atomic mass is 9.93. The minimum absolute atomic E-state index is 0.141. The van der Waals surface area contributed by atoms with E-state index in [-0.39, 0.29) is 11.9 Å². The molecule has 4 rings (SSSR count). The van der Waals surface area contributed by atoms with Gasteiger partial charge in [-0.15, -0.1) is 5.10 Å². The Kier molecular flexibility index (Phi) is 4.25. The van der Waals surface area contributed by atoms with E-state index < -0.39 is 0 Å².